The van der Waals surface area contributed by atoms with Crippen LogP contribution in [0.25, 0.3) is 129 Å². The molecule has 0 fully saturated rings. The summed E-state index contributed by atoms with van der Waals surface area (Å²) < 4.78 is 0. The van der Waals surface area contributed by atoms with Crippen LogP contribution in [0.2, 0.25) is 0 Å². The van der Waals surface area contributed by atoms with E-state index >= 15 is 0 Å². The molecule has 77 heavy (non-hydrogen) atoms. The highest BCUT2D eigenvalue weighted by molar-refractivity contribution is 6.22. The molecule has 366 valence electrons. The van der Waals surface area contributed by atoms with Gasteiger partial charge in [-0.3, -0.25) is 0 Å². The van der Waals surface area contributed by atoms with E-state index in [1.165, 1.54) is 121 Å². The highest BCUT2D eigenvalue weighted by Gasteiger charge is 2.22. The number of benzene rings is 11. The van der Waals surface area contributed by atoms with Gasteiger partial charge in [-0.1, -0.05) is 268 Å². The summed E-state index contributed by atoms with van der Waals surface area (Å²) in [7, 11) is 0. The molecule has 0 nitrogen and oxygen atoms in total. The molecule has 0 saturated carbocycles. The molecule has 0 amide bonds. The third kappa shape index (κ3) is 9.15. The first-order chi connectivity index (χ1) is 38.0. The van der Waals surface area contributed by atoms with Crippen LogP contribution in [0.5, 0.6) is 0 Å². The molecule has 0 bridgehead atoms. The van der Waals surface area contributed by atoms with Crippen molar-refractivity contribution in [2.24, 2.45) is 0 Å². The van der Waals surface area contributed by atoms with E-state index in [0.29, 0.717) is 0 Å². The second kappa shape index (κ2) is 21.3. The minimum absolute atomic E-state index is 0.827. The zero-order chi connectivity index (χ0) is 52.2. The average Bonchev–Trinajstić information content (AvgIpc) is 3.77. The fraction of sp³-hybridized carbons (Fsp3) is 0.0390. The quantitative estimate of drug-likeness (QED) is 0.0650. The maximum Gasteiger partial charge on any atom is -0.00259 e. The lowest BCUT2D eigenvalue weighted by atomic mass is 9.82. The van der Waals surface area contributed by atoms with Crippen molar-refractivity contribution in [2.45, 2.75) is 20.3 Å². The van der Waals surface area contributed by atoms with Crippen LogP contribution in [0.3, 0.4) is 0 Å². The lowest BCUT2D eigenvalue weighted by Crippen LogP contribution is -1.99. The summed E-state index contributed by atoms with van der Waals surface area (Å²) in [6.45, 7) is 12.2. The van der Waals surface area contributed by atoms with Gasteiger partial charge in [0.15, 0.2) is 0 Å². The van der Waals surface area contributed by atoms with Gasteiger partial charge in [-0.15, -0.1) is 0 Å². The van der Waals surface area contributed by atoms with Crippen molar-refractivity contribution in [1.82, 2.24) is 0 Å². The molecule has 0 spiro atoms. The second-order valence-corrected chi connectivity index (χ2v) is 19.8. The molecule has 0 radical (unpaired) electrons. The number of hydrogen-bond acceptors (Lipinski definition) is 0. The van der Waals surface area contributed by atoms with Gasteiger partial charge in [0.1, 0.15) is 0 Å². The Morgan fingerprint density at radius 2 is 1.04 bits per heavy atom. The standard InChI is InChI=1S/C77H58/c1-5-9-23-54(8-4)72(57-25-12-10-13-26-57)48-52-34-36-58(37-35-52)74-65-28-14-11-15-29-66(65)75(68-31-19-18-30-67(68)74)59-42-39-56(40-43-59)62-46-47-71-73(51-62)77(64-45-41-55-24-16-17-27-61(55)50-64)70-33-21-20-32-69(70)76(71)63-44-38-53(7-3)60(49-63)22-6-2/h5-28,30-51H,1,3,29H2,2,4H3/b22-6-,23-9-,54-8+,72-48-. The van der Waals surface area contributed by atoms with Crippen LogP contribution in [0.15, 0.2) is 274 Å². The largest absolute Gasteiger partial charge is 0.0991 e. The van der Waals surface area contributed by atoms with Crippen molar-refractivity contribution in [3.05, 3.63) is 307 Å². The van der Waals surface area contributed by atoms with Crippen molar-refractivity contribution in [1.29, 1.82) is 0 Å². The van der Waals surface area contributed by atoms with Crippen LogP contribution in [-0.4, -0.2) is 0 Å². The van der Waals surface area contributed by atoms with E-state index in [4.69, 9.17) is 0 Å². The Balaban J connectivity index is 0.988. The van der Waals surface area contributed by atoms with Crippen LogP contribution >= 0.6 is 0 Å². The molecular weight excluding hydrogens is 925 g/mol. The third-order valence-electron chi connectivity index (χ3n) is 15.3. The first-order valence-corrected chi connectivity index (χ1v) is 26.8. The molecule has 0 aromatic heterocycles. The van der Waals surface area contributed by atoms with Gasteiger partial charge >= 0.3 is 0 Å². The van der Waals surface area contributed by atoms with Crippen LogP contribution in [0, 0.1) is 0 Å². The summed E-state index contributed by atoms with van der Waals surface area (Å²) in [5.41, 5.74) is 21.7. The summed E-state index contributed by atoms with van der Waals surface area (Å²) in [5, 5.41) is 9.88. The van der Waals surface area contributed by atoms with Gasteiger partial charge in [-0.2, -0.15) is 0 Å². The first-order valence-electron chi connectivity index (χ1n) is 26.8. The molecule has 1 aliphatic rings. The van der Waals surface area contributed by atoms with Gasteiger partial charge in [-0.05, 0) is 188 Å². The summed E-state index contributed by atoms with van der Waals surface area (Å²) in [4.78, 5) is 0. The number of rotatable bonds is 12. The summed E-state index contributed by atoms with van der Waals surface area (Å²) in [6.07, 6.45) is 26.5. The minimum atomic E-state index is 0.827. The molecule has 0 atom stereocenters. The highest BCUT2D eigenvalue weighted by Crippen LogP contribution is 2.48. The molecule has 11 aromatic rings. The zero-order valence-corrected chi connectivity index (χ0v) is 43.7. The van der Waals surface area contributed by atoms with Crippen molar-refractivity contribution in [3.8, 4) is 55.6 Å². The van der Waals surface area contributed by atoms with Crippen LogP contribution in [0.4, 0.5) is 0 Å². The summed E-state index contributed by atoms with van der Waals surface area (Å²) in [6, 6.07) is 76.5. The normalized spacial score (nSPS) is 12.8. The molecule has 0 saturated heterocycles. The van der Waals surface area contributed by atoms with E-state index in [2.05, 4.69) is 288 Å². The smallest absolute Gasteiger partial charge is 0.00259 e. The molecule has 0 aliphatic heterocycles. The molecule has 1 aliphatic carbocycles. The van der Waals surface area contributed by atoms with Crippen molar-refractivity contribution in [3.63, 3.8) is 0 Å². The Bertz CT molecular complexity index is 4300. The average molecular weight is 983 g/mol. The highest BCUT2D eigenvalue weighted by atomic mass is 14.3. The summed E-state index contributed by atoms with van der Waals surface area (Å²) >= 11 is 0. The summed E-state index contributed by atoms with van der Waals surface area (Å²) in [5.74, 6) is 0. The Kier molecular flexibility index (Phi) is 13.4. The minimum Gasteiger partial charge on any atom is -0.0991 e. The number of allylic oxidation sites excluding steroid dienone is 10. The van der Waals surface area contributed by atoms with Gasteiger partial charge in [0.2, 0.25) is 0 Å². The predicted molar refractivity (Wildman–Crippen MR) is 338 cm³/mol. The zero-order valence-electron chi connectivity index (χ0n) is 43.7. The molecule has 12 rings (SSSR count). The fourth-order valence-corrected chi connectivity index (χ4v) is 11.7. The van der Waals surface area contributed by atoms with Crippen LogP contribution in [0.1, 0.15) is 47.2 Å². The molecule has 0 N–H and O–H groups in total. The monoisotopic (exact) mass is 982 g/mol. The van der Waals surface area contributed by atoms with Gasteiger partial charge in [-0.25, -0.2) is 0 Å². The molecule has 0 heterocycles. The predicted octanol–water partition coefficient (Wildman–Crippen LogP) is 21.7. The maximum absolute atomic E-state index is 4.14. The maximum atomic E-state index is 4.14. The van der Waals surface area contributed by atoms with E-state index in [1.807, 2.05) is 18.2 Å². The second-order valence-electron chi connectivity index (χ2n) is 19.8. The van der Waals surface area contributed by atoms with Crippen molar-refractivity contribution >= 4 is 73.0 Å². The van der Waals surface area contributed by atoms with E-state index < -0.39 is 0 Å². The Hall–Kier alpha value is -9.62. The first kappa shape index (κ1) is 48.3. The topological polar surface area (TPSA) is 0 Å². The van der Waals surface area contributed by atoms with E-state index in [1.54, 1.807) is 0 Å². The number of hydrogen-bond donors (Lipinski definition) is 0. The van der Waals surface area contributed by atoms with Crippen molar-refractivity contribution < 1.29 is 0 Å². The van der Waals surface area contributed by atoms with Crippen LogP contribution in [-0.2, 0) is 6.42 Å². The van der Waals surface area contributed by atoms with Gasteiger partial charge in [0.25, 0.3) is 0 Å². The molecule has 0 unspecified atom stereocenters. The lowest BCUT2D eigenvalue weighted by molar-refractivity contribution is 1.28. The molecular formula is C77H58. The van der Waals surface area contributed by atoms with Gasteiger partial charge < -0.3 is 0 Å². The van der Waals surface area contributed by atoms with Crippen LogP contribution < -0.4 is 0 Å². The Morgan fingerprint density at radius 3 is 1.75 bits per heavy atom. The van der Waals surface area contributed by atoms with Gasteiger partial charge in [0, 0.05) is 0 Å². The molecule has 0 heteroatoms. The Morgan fingerprint density at radius 1 is 0.455 bits per heavy atom. The van der Waals surface area contributed by atoms with E-state index in [0.717, 1.165) is 28.7 Å². The Labute approximate surface area is 453 Å². The SMILES string of the molecule is C=C\C=C/C(=C\C)C(=C/c1ccc(-c2c3c(c(-c4ccc(-c5ccc6c(-c7ccc(C=C)c(/C=C\C)c7)c7ccccc7c(-c7ccc8ccccc8c7)c6c5)cc4)c4ccccc24)CC=CC=C3)cc1)/c1ccccc1. The van der Waals surface area contributed by atoms with E-state index in [9.17, 15) is 0 Å². The van der Waals surface area contributed by atoms with E-state index in [-0.39, 0.29) is 0 Å². The third-order valence-corrected chi connectivity index (χ3v) is 15.3. The van der Waals surface area contributed by atoms with Crippen molar-refractivity contribution in [2.75, 3.05) is 0 Å². The molecule has 11 aromatic carbocycles. The number of fused-ring (bicyclic) bond motifs is 5. The fourth-order valence-electron chi connectivity index (χ4n) is 11.7. The van der Waals surface area contributed by atoms with Gasteiger partial charge in [0.05, 0.1) is 0 Å². The lowest BCUT2D eigenvalue weighted by Gasteiger charge is -2.21.